The fraction of sp³-hybridized carbons (Fsp3) is 0.214. The normalized spacial score (nSPS) is 17.3. The summed E-state index contributed by atoms with van der Waals surface area (Å²) >= 11 is 0. The maximum Gasteiger partial charge on any atom is 0.300 e. The highest BCUT2D eigenvalue weighted by Crippen LogP contribution is 2.45. The Morgan fingerprint density at radius 3 is 2.40 bits per heavy atom. The molecule has 0 aromatic heterocycles. The molecule has 0 aliphatic carbocycles. The number of aryl methyl sites for hydroxylation is 1. The molecule has 3 aromatic rings. The van der Waals surface area contributed by atoms with Gasteiger partial charge in [-0.25, -0.2) is 4.39 Å². The van der Waals surface area contributed by atoms with Crippen molar-refractivity contribution in [1.29, 1.82) is 0 Å². The number of para-hydroxylation sites is 2. The van der Waals surface area contributed by atoms with E-state index in [1.165, 1.54) is 30.3 Å². The van der Waals surface area contributed by atoms with E-state index in [9.17, 15) is 24.2 Å². The monoisotopic (exact) mass is 475 g/mol. The summed E-state index contributed by atoms with van der Waals surface area (Å²) in [5.41, 5.74) is 0.808. The summed E-state index contributed by atoms with van der Waals surface area (Å²) in [4.78, 5) is 27.4. The van der Waals surface area contributed by atoms with Crippen LogP contribution in [0.3, 0.4) is 0 Å². The van der Waals surface area contributed by atoms with Gasteiger partial charge < -0.3 is 14.9 Å². The molecule has 1 unspecified atom stereocenters. The number of hydrogen-bond acceptors (Lipinski definition) is 5. The number of aliphatic hydroxyl groups excluding tert-OH is 1. The van der Waals surface area contributed by atoms with E-state index in [0.717, 1.165) is 10.5 Å². The van der Waals surface area contributed by atoms with E-state index in [4.69, 9.17) is 4.74 Å². The Morgan fingerprint density at radius 2 is 1.74 bits per heavy atom. The number of phenols is 1. The molecule has 1 heterocycles. The number of amides is 1. The van der Waals surface area contributed by atoms with E-state index in [-0.39, 0.29) is 28.1 Å². The van der Waals surface area contributed by atoms with Crippen molar-refractivity contribution in [3.05, 3.63) is 94.8 Å². The Morgan fingerprint density at radius 1 is 1.06 bits per heavy atom. The molecule has 7 heteroatoms. The number of carbonyl (C=O) groups excluding carboxylic acids is 2. The van der Waals surface area contributed by atoms with Crippen LogP contribution in [0.5, 0.6) is 11.5 Å². The summed E-state index contributed by atoms with van der Waals surface area (Å²) in [6.45, 7) is 6.39. The molecule has 0 bridgehead atoms. The van der Waals surface area contributed by atoms with Gasteiger partial charge >= 0.3 is 0 Å². The zero-order valence-corrected chi connectivity index (χ0v) is 19.7. The predicted octanol–water partition coefficient (Wildman–Crippen LogP) is 5.50. The van der Waals surface area contributed by atoms with Crippen LogP contribution in [0.2, 0.25) is 0 Å². The van der Waals surface area contributed by atoms with Gasteiger partial charge in [-0.05, 0) is 54.8 Å². The van der Waals surface area contributed by atoms with Crippen molar-refractivity contribution in [2.24, 2.45) is 5.92 Å². The van der Waals surface area contributed by atoms with Gasteiger partial charge in [0.15, 0.2) is 0 Å². The van der Waals surface area contributed by atoms with Crippen LogP contribution in [0.25, 0.3) is 5.76 Å². The molecule has 2 N–H and O–H groups in total. The zero-order valence-electron chi connectivity index (χ0n) is 19.7. The Kier molecular flexibility index (Phi) is 6.60. The second-order valence-electron chi connectivity index (χ2n) is 8.86. The lowest BCUT2D eigenvalue weighted by Crippen LogP contribution is -2.29. The van der Waals surface area contributed by atoms with Crippen LogP contribution in [-0.2, 0) is 9.59 Å². The fourth-order valence-corrected chi connectivity index (χ4v) is 4.11. The third kappa shape index (κ3) is 4.49. The Bertz CT molecular complexity index is 1330. The fourth-order valence-electron chi connectivity index (χ4n) is 4.11. The molecule has 1 amide bonds. The van der Waals surface area contributed by atoms with Crippen molar-refractivity contribution < 1.29 is 28.9 Å². The van der Waals surface area contributed by atoms with Crippen LogP contribution in [0.15, 0.2) is 72.3 Å². The Balaban J connectivity index is 1.88. The minimum absolute atomic E-state index is 0.0186. The van der Waals surface area contributed by atoms with Gasteiger partial charge in [0.05, 0.1) is 23.9 Å². The van der Waals surface area contributed by atoms with Gasteiger partial charge in [0.25, 0.3) is 11.7 Å². The van der Waals surface area contributed by atoms with Gasteiger partial charge in [0.2, 0.25) is 0 Å². The summed E-state index contributed by atoms with van der Waals surface area (Å²) in [6.07, 6.45) is 0. The number of aromatic hydroxyl groups is 1. The van der Waals surface area contributed by atoms with Crippen molar-refractivity contribution in [2.75, 3.05) is 11.5 Å². The quantitative estimate of drug-likeness (QED) is 0.279. The van der Waals surface area contributed by atoms with E-state index in [2.05, 4.69) is 0 Å². The summed E-state index contributed by atoms with van der Waals surface area (Å²) in [7, 11) is 0. The first-order valence-corrected chi connectivity index (χ1v) is 11.3. The van der Waals surface area contributed by atoms with E-state index in [0.29, 0.717) is 18.3 Å². The molecule has 0 radical (unpaired) electrons. The van der Waals surface area contributed by atoms with Gasteiger partial charge in [0, 0.05) is 11.1 Å². The van der Waals surface area contributed by atoms with Crippen LogP contribution < -0.4 is 9.64 Å². The average molecular weight is 476 g/mol. The first-order chi connectivity index (χ1) is 16.7. The summed E-state index contributed by atoms with van der Waals surface area (Å²) in [5.74, 6) is -2.33. The van der Waals surface area contributed by atoms with Crippen molar-refractivity contribution in [3.63, 3.8) is 0 Å². The number of phenolic OH excluding ortho intramolecular Hbond substituents is 1. The first kappa shape index (κ1) is 24.0. The van der Waals surface area contributed by atoms with Gasteiger partial charge in [-0.2, -0.15) is 0 Å². The van der Waals surface area contributed by atoms with Crippen molar-refractivity contribution in [2.45, 2.75) is 26.8 Å². The number of hydrogen-bond donors (Lipinski definition) is 2. The third-order valence-corrected chi connectivity index (χ3v) is 5.81. The minimum atomic E-state index is -1.28. The number of Topliss-reactive ketones (excluding diaryl/α,β-unsaturated/α-hetero) is 1. The number of aliphatic hydroxyl groups is 1. The third-order valence-electron chi connectivity index (χ3n) is 5.81. The molecule has 180 valence electrons. The highest BCUT2D eigenvalue weighted by atomic mass is 19.1. The van der Waals surface area contributed by atoms with E-state index in [1.807, 2.05) is 13.8 Å². The van der Waals surface area contributed by atoms with Gasteiger partial charge in [-0.1, -0.05) is 44.2 Å². The molecule has 4 rings (SSSR count). The summed E-state index contributed by atoms with van der Waals surface area (Å²) < 4.78 is 20.7. The lowest BCUT2D eigenvalue weighted by atomic mass is 9.94. The predicted molar refractivity (Wildman–Crippen MR) is 131 cm³/mol. The number of benzene rings is 3. The second-order valence-corrected chi connectivity index (χ2v) is 8.86. The molecule has 1 atom stereocenters. The second kappa shape index (κ2) is 9.62. The molecule has 0 saturated carbocycles. The maximum atomic E-state index is 15.0. The smallest absolute Gasteiger partial charge is 0.300 e. The standard InChI is InChI=1S/C28H26FNO5/c1-16(2)15-35-23-13-12-18(14-17(23)3)26(32)24-25(19-8-4-5-9-20(19)29)30(28(34)27(24)33)21-10-6-7-11-22(21)31/h4-14,16,25,31-32H,15H2,1-3H3/b26-24+. The molecule has 0 spiro atoms. The largest absolute Gasteiger partial charge is 0.507 e. The van der Waals surface area contributed by atoms with Gasteiger partial charge in [-0.3, -0.25) is 14.5 Å². The van der Waals surface area contributed by atoms with Crippen LogP contribution in [0.1, 0.15) is 36.6 Å². The molecule has 6 nitrogen and oxygen atoms in total. The minimum Gasteiger partial charge on any atom is -0.507 e. The van der Waals surface area contributed by atoms with Crippen LogP contribution >= 0.6 is 0 Å². The average Bonchev–Trinajstić information content (AvgIpc) is 3.08. The van der Waals surface area contributed by atoms with Crippen molar-refractivity contribution in [1.82, 2.24) is 0 Å². The summed E-state index contributed by atoms with van der Waals surface area (Å²) in [5, 5.41) is 21.7. The molecule has 35 heavy (non-hydrogen) atoms. The van der Waals surface area contributed by atoms with Crippen LogP contribution in [0, 0.1) is 18.7 Å². The lowest BCUT2D eigenvalue weighted by molar-refractivity contribution is -0.132. The number of ketones is 1. The first-order valence-electron chi connectivity index (χ1n) is 11.3. The van der Waals surface area contributed by atoms with Crippen molar-refractivity contribution >= 4 is 23.1 Å². The number of anilines is 1. The zero-order chi connectivity index (χ0) is 25.3. The van der Waals surface area contributed by atoms with Crippen molar-refractivity contribution in [3.8, 4) is 11.5 Å². The number of ether oxygens (including phenoxy) is 1. The van der Waals surface area contributed by atoms with E-state index >= 15 is 0 Å². The lowest BCUT2D eigenvalue weighted by Gasteiger charge is -2.26. The molecule has 1 aliphatic rings. The highest BCUT2D eigenvalue weighted by Gasteiger charge is 2.48. The van der Waals surface area contributed by atoms with Gasteiger partial charge in [0.1, 0.15) is 23.1 Å². The SMILES string of the molecule is Cc1cc(/C(O)=C2\C(=O)C(=O)N(c3ccccc3O)C2c2ccccc2F)ccc1OCC(C)C. The number of halogens is 1. The number of carbonyl (C=O) groups is 2. The van der Waals surface area contributed by atoms with Crippen LogP contribution in [-0.4, -0.2) is 28.5 Å². The Hall–Kier alpha value is -4.13. The number of nitrogens with zero attached hydrogens (tertiary/aromatic N) is 1. The van der Waals surface area contributed by atoms with E-state index in [1.54, 1.807) is 43.3 Å². The topological polar surface area (TPSA) is 87.1 Å². The molecule has 1 saturated heterocycles. The van der Waals surface area contributed by atoms with E-state index < -0.39 is 29.3 Å². The molecule has 1 fully saturated rings. The molecular formula is C28H26FNO5. The maximum absolute atomic E-state index is 15.0. The van der Waals surface area contributed by atoms with Crippen LogP contribution in [0.4, 0.5) is 10.1 Å². The number of rotatable bonds is 6. The molecular weight excluding hydrogens is 449 g/mol. The molecule has 3 aromatic carbocycles. The highest BCUT2D eigenvalue weighted by molar-refractivity contribution is 6.51. The summed E-state index contributed by atoms with van der Waals surface area (Å²) in [6, 6.07) is 15.4. The Labute approximate surface area is 202 Å². The molecule has 1 aliphatic heterocycles. The van der Waals surface area contributed by atoms with Gasteiger partial charge in [-0.15, -0.1) is 0 Å².